The summed E-state index contributed by atoms with van der Waals surface area (Å²) in [6.45, 7) is 3.25. The van der Waals surface area contributed by atoms with E-state index in [1.54, 1.807) is 29.5 Å². The topological polar surface area (TPSA) is 97.8 Å². The Kier molecular flexibility index (Phi) is 11.4. The van der Waals surface area contributed by atoms with E-state index in [0.717, 1.165) is 40.4 Å². The van der Waals surface area contributed by atoms with Crippen LogP contribution in [0.15, 0.2) is 72.1 Å². The van der Waals surface area contributed by atoms with E-state index >= 15 is 0 Å². The molecule has 8 nitrogen and oxygen atoms in total. The molecular weight excluding hydrogens is 641 g/mol. The molecule has 1 aliphatic rings. The molecule has 5 rings (SSSR count). The average Bonchev–Trinajstić information content (AvgIpc) is 3.69. The number of hydrogen-bond acceptors (Lipinski definition) is 7. The number of nitrogens with zero attached hydrogens (tertiary/aromatic N) is 3. The maximum Gasteiger partial charge on any atom is 0.254 e. The van der Waals surface area contributed by atoms with Crippen molar-refractivity contribution in [2.24, 2.45) is 0 Å². The van der Waals surface area contributed by atoms with E-state index in [2.05, 4.69) is 15.6 Å². The molecule has 0 spiro atoms. The average molecular weight is 681 g/mol. The second-order valence-corrected chi connectivity index (χ2v) is 13.7. The number of likely N-dealkylation sites (tertiary alicyclic amines) is 1. The van der Waals surface area contributed by atoms with Crippen LogP contribution in [0.3, 0.4) is 0 Å². The number of anilines is 1. The van der Waals surface area contributed by atoms with Crippen molar-refractivity contribution in [3.63, 3.8) is 0 Å². The second-order valence-electron chi connectivity index (χ2n) is 11.9. The minimum atomic E-state index is -0.913. The Morgan fingerprint density at radius 3 is 2.43 bits per heavy atom. The Hall–Kier alpha value is -3.47. The van der Waals surface area contributed by atoms with Gasteiger partial charge in [0.05, 0.1) is 18.2 Å². The molecule has 46 heavy (non-hydrogen) atoms. The Morgan fingerprint density at radius 2 is 1.76 bits per heavy atom. The van der Waals surface area contributed by atoms with Crippen LogP contribution < -0.4 is 15.5 Å². The van der Waals surface area contributed by atoms with Crippen LogP contribution >= 0.6 is 34.5 Å². The highest BCUT2D eigenvalue weighted by Crippen LogP contribution is 2.35. The van der Waals surface area contributed by atoms with Gasteiger partial charge in [-0.25, -0.2) is 4.98 Å². The minimum Gasteiger partial charge on any atom is -0.390 e. The summed E-state index contributed by atoms with van der Waals surface area (Å²) < 4.78 is 0. The van der Waals surface area contributed by atoms with Crippen LogP contribution in [0.5, 0.6) is 0 Å². The highest BCUT2D eigenvalue weighted by molar-refractivity contribution is 7.09. The van der Waals surface area contributed by atoms with Crippen LogP contribution in [0, 0.1) is 6.92 Å². The van der Waals surface area contributed by atoms with E-state index in [0.29, 0.717) is 40.7 Å². The number of benzene rings is 3. The van der Waals surface area contributed by atoms with Gasteiger partial charge in [-0.05, 0) is 73.7 Å². The molecule has 3 atom stereocenters. The third-order valence-corrected chi connectivity index (χ3v) is 9.56. The van der Waals surface area contributed by atoms with Crippen LogP contribution in [0.1, 0.15) is 61.4 Å². The maximum absolute atomic E-state index is 13.9. The number of hydrogen-bond donors (Lipinski definition) is 3. The fraction of sp³-hybridized carbons (Fsp3) is 0.343. The van der Waals surface area contributed by atoms with Gasteiger partial charge in [-0.1, -0.05) is 53.5 Å². The summed E-state index contributed by atoms with van der Waals surface area (Å²) in [5.41, 5.74) is 4.34. The van der Waals surface area contributed by atoms with Gasteiger partial charge in [0.1, 0.15) is 5.01 Å². The quantitative estimate of drug-likeness (QED) is 0.163. The Labute approximate surface area is 284 Å². The first-order valence-corrected chi connectivity index (χ1v) is 16.9. The predicted octanol–water partition coefficient (Wildman–Crippen LogP) is 6.29. The van der Waals surface area contributed by atoms with E-state index in [-0.39, 0.29) is 24.4 Å². The lowest BCUT2D eigenvalue weighted by Gasteiger charge is -2.26. The van der Waals surface area contributed by atoms with Gasteiger partial charge >= 0.3 is 0 Å². The fourth-order valence-electron chi connectivity index (χ4n) is 5.70. The first-order chi connectivity index (χ1) is 22.1. The van der Waals surface area contributed by atoms with E-state index in [1.165, 1.54) is 0 Å². The molecule has 2 heterocycles. The zero-order valence-corrected chi connectivity index (χ0v) is 28.5. The SMILES string of the molecule is Cc1csc([C@H]2CCCN2C(=O)c2cc(C(=O)N[C@@H](Cc3ccccc3)[C@H](O)CNCc3cc(Cl)cc(Cl)c3)cc(N(C)C)c2)n1. The molecular formula is C35H39Cl2N5O3S. The fourth-order valence-corrected chi connectivity index (χ4v) is 7.22. The van der Waals surface area contributed by atoms with E-state index in [4.69, 9.17) is 23.2 Å². The molecule has 4 aromatic rings. The van der Waals surface area contributed by atoms with Crippen molar-refractivity contribution in [3.05, 3.63) is 115 Å². The molecule has 0 unspecified atom stereocenters. The van der Waals surface area contributed by atoms with Crippen molar-refractivity contribution in [3.8, 4) is 0 Å². The van der Waals surface area contributed by atoms with Gasteiger partial charge in [0.25, 0.3) is 11.8 Å². The van der Waals surface area contributed by atoms with Crippen molar-refractivity contribution in [2.75, 3.05) is 32.1 Å². The number of aryl methyl sites for hydroxylation is 1. The standard InChI is InChI=1S/C35H39Cl2N5O3S/c1-22-21-46-34(39-22)31-10-7-11-42(31)35(45)26-15-25(16-29(17-26)41(2)3)33(44)40-30(14-23-8-5-4-6-9-23)32(43)20-38-19-24-12-27(36)18-28(37)13-24/h4-6,8-9,12-13,15-18,21,30-32,38,43H,7,10-11,14,19-20H2,1-3H3,(H,40,44)/t30-,31+,32+/m0/s1. The number of aromatic nitrogens is 1. The number of thiazole rings is 1. The largest absolute Gasteiger partial charge is 0.390 e. The third-order valence-electron chi connectivity index (χ3n) is 8.06. The van der Waals surface area contributed by atoms with Gasteiger partial charge in [0.15, 0.2) is 0 Å². The lowest BCUT2D eigenvalue weighted by atomic mass is 9.99. The molecule has 3 N–H and O–H groups in total. The number of carbonyl (C=O) groups excluding carboxylic acids is 2. The van der Waals surface area contributed by atoms with Crippen LogP contribution in [0.4, 0.5) is 5.69 Å². The molecule has 0 bridgehead atoms. The smallest absolute Gasteiger partial charge is 0.254 e. The number of aliphatic hydroxyl groups excluding tert-OH is 1. The van der Waals surface area contributed by atoms with Crippen molar-refractivity contribution >= 4 is 52.0 Å². The van der Waals surface area contributed by atoms with Gasteiger partial charge in [-0.2, -0.15) is 0 Å². The Bertz CT molecular complexity index is 1640. The summed E-state index contributed by atoms with van der Waals surface area (Å²) >= 11 is 13.9. The summed E-state index contributed by atoms with van der Waals surface area (Å²) in [7, 11) is 3.76. The zero-order chi connectivity index (χ0) is 32.8. The van der Waals surface area contributed by atoms with E-state index < -0.39 is 12.1 Å². The third kappa shape index (κ3) is 8.66. The molecule has 0 radical (unpaired) electrons. The van der Waals surface area contributed by atoms with E-state index in [9.17, 15) is 14.7 Å². The number of rotatable bonds is 12. The van der Waals surface area contributed by atoms with Gasteiger partial charge in [-0.15, -0.1) is 11.3 Å². The Balaban J connectivity index is 1.35. The molecule has 1 aliphatic heterocycles. The normalized spacial score (nSPS) is 15.9. The number of carbonyl (C=O) groups is 2. The highest BCUT2D eigenvalue weighted by atomic mass is 35.5. The summed E-state index contributed by atoms with van der Waals surface area (Å²) in [5.74, 6) is -0.493. The number of amides is 2. The van der Waals surface area contributed by atoms with Crippen molar-refractivity contribution in [1.82, 2.24) is 20.5 Å². The summed E-state index contributed by atoms with van der Waals surface area (Å²) in [6.07, 6.45) is 1.26. The molecule has 3 aromatic carbocycles. The lowest BCUT2D eigenvalue weighted by molar-refractivity contribution is 0.0735. The van der Waals surface area contributed by atoms with Crippen molar-refractivity contribution in [2.45, 2.75) is 50.9 Å². The maximum atomic E-state index is 13.9. The molecule has 2 amide bonds. The van der Waals surface area contributed by atoms with Crippen molar-refractivity contribution in [1.29, 1.82) is 0 Å². The molecule has 1 aromatic heterocycles. The van der Waals surface area contributed by atoms with Gasteiger partial charge in [-0.3, -0.25) is 9.59 Å². The highest BCUT2D eigenvalue weighted by Gasteiger charge is 2.33. The molecule has 1 saturated heterocycles. The number of aliphatic hydroxyl groups is 1. The van der Waals surface area contributed by atoms with Crippen molar-refractivity contribution < 1.29 is 14.7 Å². The first-order valence-electron chi connectivity index (χ1n) is 15.3. The van der Waals surface area contributed by atoms with Gasteiger partial charge in [0.2, 0.25) is 0 Å². The summed E-state index contributed by atoms with van der Waals surface area (Å²) in [5, 5.41) is 21.7. The molecule has 0 aliphatic carbocycles. The summed E-state index contributed by atoms with van der Waals surface area (Å²) in [6, 6.07) is 19.6. The second kappa shape index (κ2) is 15.4. The predicted molar refractivity (Wildman–Crippen MR) is 186 cm³/mol. The number of halogens is 2. The van der Waals surface area contributed by atoms with Crippen LogP contribution in [0.2, 0.25) is 10.0 Å². The van der Waals surface area contributed by atoms with Gasteiger partial charge < -0.3 is 25.5 Å². The minimum absolute atomic E-state index is 0.0765. The van der Waals surface area contributed by atoms with Crippen LogP contribution in [-0.4, -0.2) is 66.1 Å². The van der Waals surface area contributed by atoms with E-state index in [1.807, 2.05) is 84.7 Å². The molecule has 242 valence electrons. The monoisotopic (exact) mass is 679 g/mol. The zero-order valence-electron chi connectivity index (χ0n) is 26.2. The van der Waals surface area contributed by atoms with Crippen LogP contribution in [-0.2, 0) is 13.0 Å². The number of nitrogens with one attached hydrogen (secondary N) is 2. The lowest BCUT2D eigenvalue weighted by Crippen LogP contribution is -2.48. The summed E-state index contributed by atoms with van der Waals surface area (Å²) in [4.78, 5) is 36.2. The van der Waals surface area contributed by atoms with Crippen LogP contribution in [0.25, 0.3) is 0 Å². The first kappa shape index (κ1) is 33.9. The molecule has 1 fully saturated rings. The molecule has 11 heteroatoms. The Morgan fingerprint density at radius 1 is 1.04 bits per heavy atom. The molecule has 0 saturated carbocycles. The van der Waals surface area contributed by atoms with Gasteiger partial charge in [0, 0.05) is 71.7 Å².